The number of hydrogen-bond donors (Lipinski definition) is 1. The van der Waals surface area contributed by atoms with Gasteiger partial charge < -0.3 is 5.11 Å². The Kier molecular flexibility index (Phi) is 2.41. The van der Waals surface area contributed by atoms with Crippen LogP contribution < -0.4 is 0 Å². The fourth-order valence-corrected chi connectivity index (χ4v) is 0.752. The van der Waals surface area contributed by atoms with Crippen LogP contribution in [0, 0.1) is 5.82 Å². The predicted octanol–water partition coefficient (Wildman–Crippen LogP) is 1.94. The molecular formula is C7H3F4NO2. The Bertz CT molecular complexity index is 374. The van der Waals surface area contributed by atoms with Gasteiger partial charge in [0.05, 0.1) is 0 Å². The lowest BCUT2D eigenvalue weighted by molar-refractivity contribution is -0.141. The van der Waals surface area contributed by atoms with E-state index in [0.717, 1.165) is 0 Å². The highest BCUT2D eigenvalue weighted by Crippen LogP contribution is 2.28. The van der Waals surface area contributed by atoms with Gasteiger partial charge in [-0.05, 0) is 0 Å². The molecule has 76 valence electrons. The molecule has 1 N–H and O–H groups in total. The van der Waals surface area contributed by atoms with Crippen LogP contribution >= 0.6 is 0 Å². The molecule has 0 amide bonds. The Hall–Kier alpha value is -1.66. The fourth-order valence-electron chi connectivity index (χ4n) is 0.752. The molecule has 7 heteroatoms. The van der Waals surface area contributed by atoms with Crippen molar-refractivity contribution in [1.82, 2.24) is 4.98 Å². The van der Waals surface area contributed by atoms with Gasteiger partial charge in [0.1, 0.15) is 11.5 Å². The lowest BCUT2D eigenvalue weighted by atomic mass is 10.3. The van der Waals surface area contributed by atoms with Crippen molar-refractivity contribution >= 4 is 5.97 Å². The van der Waals surface area contributed by atoms with Crippen molar-refractivity contribution in [1.29, 1.82) is 0 Å². The molecule has 3 nitrogen and oxygen atoms in total. The fraction of sp³-hybridized carbons (Fsp3) is 0.143. The van der Waals surface area contributed by atoms with E-state index in [1.54, 1.807) is 0 Å². The number of alkyl halides is 3. The van der Waals surface area contributed by atoms with Gasteiger partial charge in [0.25, 0.3) is 0 Å². The molecule has 1 rings (SSSR count). The molecule has 0 aromatic carbocycles. The minimum atomic E-state index is -4.85. The summed E-state index contributed by atoms with van der Waals surface area (Å²) in [5.74, 6) is -3.00. The van der Waals surface area contributed by atoms with Gasteiger partial charge >= 0.3 is 12.1 Å². The number of aromatic nitrogens is 1. The lowest BCUT2D eigenvalue weighted by Crippen LogP contribution is -2.12. The molecule has 14 heavy (non-hydrogen) atoms. The molecule has 0 aliphatic rings. The van der Waals surface area contributed by atoms with Crippen molar-refractivity contribution in [2.75, 3.05) is 0 Å². The highest BCUT2D eigenvalue weighted by Gasteiger charge is 2.33. The predicted molar refractivity (Wildman–Crippen MR) is 36.2 cm³/mol. The first-order chi connectivity index (χ1) is 6.30. The van der Waals surface area contributed by atoms with E-state index < -0.39 is 29.4 Å². The first kappa shape index (κ1) is 10.4. The van der Waals surface area contributed by atoms with Crippen molar-refractivity contribution < 1.29 is 27.5 Å². The van der Waals surface area contributed by atoms with Gasteiger partial charge in [-0.1, -0.05) is 0 Å². The van der Waals surface area contributed by atoms with Crippen LogP contribution in [0.1, 0.15) is 16.2 Å². The number of aromatic carboxylic acids is 1. The summed E-state index contributed by atoms with van der Waals surface area (Å²) < 4.78 is 48.5. The average molecular weight is 209 g/mol. The topological polar surface area (TPSA) is 50.2 Å². The Morgan fingerprint density at radius 2 is 1.93 bits per heavy atom. The van der Waals surface area contributed by atoms with Gasteiger partial charge in [-0.2, -0.15) is 13.2 Å². The summed E-state index contributed by atoms with van der Waals surface area (Å²) in [6.07, 6.45) is -4.85. The minimum absolute atomic E-state index is 0.131. The normalized spacial score (nSPS) is 11.4. The summed E-state index contributed by atoms with van der Waals surface area (Å²) in [4.78, 5) is 13.0. The molecule has 1 aromatic rings. The number of pyridine rings is 1. The average Bonchev–Trinajstić information content (AvgIpc) is 2.01. The number of hydrogen-bond acceptors (Lipinski definition) is 2. The van der Waals surface area contributed by atoms with E-state index in [2.05, 4.69) is 4.98 Å². The summed E-state index contributed by atoms with van der Waals surface area (Å²) in [7, 11) is 0. The van der Waals surface area contributed by atoms with Gasteiger partial charge in [0.2, 0.25) is 0 Å². The number of carboxylic acids is 1. The first-order valence-electron chi connectivity index (χ1n) is 3.29. The lowest BCUT2D eigenvalue weighted by Gasteiger charge is -2.05. The molecular weight excluding hydrogens is 206 g/mol. The molecule has 0 fully saturated rings. The van der Waals surface area contributed by atoms with Crippen LogP contribution in [0.4, 0.5) is 17.6 Å². The van der Waals surface area contributed by atoms with Gasteiger partial charge in [-0.25, -0.2) is 14.2 Å². The molecule has 1 aromatic heterocycles. The largest absolute Gasteiger partial charge is 0.477 e. The number of rotatable bonds is 1. The SMILES string of the molecule is O=C(O)c1cc(F)cc(C(F)(F)F)n1. The second-order valence-corrected chi connectivity index (χ2v) is 2.36. The van der Waals surface area contributed by atoms with E-state index in [0.29, 0.717) is 6.07 Å². The van der Waals surface area contributed by atoms with Crippen molar-refractivity contribution in [3.63, 3.8) is 0 Å². The maximum Gasteiger partial charge on any atom is 0.433 e. The van der Waals surface area contributed by atoms with Crippen LogP contribution in [0.5, 0.6) is 0 Å². The van der Waals surface area contributed by atoms with Crippen LogP contribution in [0.15, 0.2) is 12.1 Å². The summed E-state index contributed by atoms with van der Waals surface area (Å²) >= 11 is 0. The molecule has 0 radical (unpaired) electrons. The van der Waals surface area contributed by atoms with Crippen molar-refractivity contribution in [2.24, 2.45) is 0 Å². The summed E-state index contributed by atoms with van der Waals surface area (Å²) in [6.45, 7) is 0. The molecule has 0 unspecified atom stereocenters. The van der Waals surface area contributed by atoms with Gasteiger partial charge in [-0.15, -0.1) is 0 Å². The molecule has 1 heterocycles. The number of nitrogens with zero attached hydrogens (tertiary/aromatic N) is 1. The zero-order valence-corrected chi connectivity index (χ0v) is 6.47. The summed E-state index contributed by atoms with van der Waals surface area (Å²) in [6, 6.07) is 0.546. The third-order valence-electron chi connectivity index (χ3n) is 1.30. The van der Waals surface area contributed by atoms with E-state index >= 15 is 0 Å². The number of carboxylic acid groups (broad SMARTS) is 1. The zero-order chi connectivity index (χ0) is 10.9. The Morgan fingerprint density at radius 1 is 1.36 bits per heavy atom. The Balaban J connectivity index is 3.28. The van der Waals surface area contributed by atoms with Crippen molar-refractivity contribution in [3.05, 3.63) is 29.3 Å². The van der Waals surface area contributed by atoms with E-state index in [4.69, 9.17) is 5.11 Å². The maximum absolute atomic E-state index is 12.5. The van der Waals surface area contributed by atoms with Gasteiger partial charge in [-0.3, -0.25) is 0 Å². The molecule has 0 saturated heterocycles. The van der Waals surface area contributed by atoms with Crippen molar-refractivity contribution in [3.8, 4) is 0 Å². The van der Waals surface area contributed by atoms with Crippen LogP contribution in [0.2, 0.25) is 0 Å². The molecule has 0 aliphatic carbocycles. The van der Waals surface area contributed by atoms with Crippen LogP contribution in [0.25, 0.3) is 0 Å². The summed E-state index contributed by atoms with van der Waals surface area (Å²) in [5, 5.41) is 8.30. The molecule has 0 aliphatic heterocycles. The second kappa shape index (κ2) is 3.24. The van der Waals surface area contributed by atoms with Crippen LogP contribution in [0.3, 0.4) is 0 Å². The highest BCUT2D eigenvalue weighted by molar-refractivity contribution is 5.85. The van der Waals surface area contributed by atoms with Crippen LogP contribution in [-0.4, -0.2) is 16.1 Å². The minimum Gasteiger partial charge on any atom is -0.477 e. The summed E-state index contributed by atoms with van der Waals surface area (Å²) in [5.41, 5.74) is -2.53. The standard InChI is InChI=1S/C7H3F4NO2/c8-3-1-4(6(13)14)12-5(2-3)7(9,10)11/h1-2H,(H,13,14). The van der Waals surface area contributed by atoms with Crippen molar-refractivity contribution in [2.45, 2.75) is 6.18 Å². The van der Waals surface area contributed by atoms with E-state index in [1.807, 2.05) is 0 Å². The Morgan fingerprint density at radius 3 is 2.36 bits per heavy atom. The number of halogens is 4. The van der Waals surface area contributed by atoms with Gasteiger partial charge in [0, 0.05) is 12.1 Å². The molecule has 0 atom stereocenters. The quantitative estimate of drug-likeness (QED) is 0.719. The van der Waals surface area contributed by atoms with E-state index in [9.17, 15) is 22.4 Å². The monoisotopic (exact) mass is 209 g/mol. The molecule has 0 bridgehead atoms. The third-order valence-corrected chi connectivity index (χ3v) is 1.30. The zero-order valence-electron chi connectivity index (χ0n) is 6.47. The van der Waals surface area contributed by atoms with E-state index in [1.165, 1.54) is 0 Å². The highest BCUT2D eigenvalue weighted by atomic mass is 19.4. The van der Waals surface area contributed by atoms with Crippen LogP contribution in [-0.2, 0) is 6.18 Å². The third kappa shape index (κ3) is 2.18. The first-order valence-corrected chi connectivity index (χ1v) is 3.29. The van der Waals surface area contributed by atoms with E-state index in [-0.39, 0.29) is 6.07 Å². The molecule has 0 saturated carbocycles. The molecule has 0 spiro atoms. The second-order valence-electron chi connectivity index (χ2n) is 2.36. The maximum atomic E-state index is 12.5. The smallest absolute Gasteiger partial charge is 0.433 e. The Labute approximate surface area is 75.0 Å². The number of carbonyl (C=O) groups is 1. The van der Waals surface area contributed by atoms with Gasteiger partial charge in [0.15, 0.2) is 5.69 Å².